The van der Waals surface area contributed by atoms with Crippen molar-refractivity contribution in [2.24, 2.45) is 0 Å². The van der Waals surface area contributed by atoms with Crippen molar-refractivity contribution in [3.05, 3.63) is 52.5 Å². The molecular weight excluding hydrogens is 427 g/mol. The number of nitrogens with zero attached hydrogens (tertiary/aromatic N) is 1. The van der Waals surface area contributed by atoms with Crippen LogP contribution in [-0.4, -0.2) is 37.5 Å². The summed E-state index contributed by atoms with van der Waals surface area (Å²) in [7, 11) is -3.42. The van der Waals surface area contributed by atoms with Crippen LogP contribution in [0.15, 0.2) is 52.3 Å². The number of nitrogens with one attached hydrogen (secondary N) is 1. The van der Waals surface area contributed by atoms with Gasteiger partial charge in [0.15, 0.2) is 0 Å². The molecule has 144 valence electrons. The number of hydrogen-bond acceptors (Lipinski definition) is 4. The van der Waals surface area contributed by atoms with Crippen molar-refractivity contribution in [2.45, 2.75) is 22.6 Å². The lowest BCUT2D eigenvalue weighted by Crippen LogP contribution is -2.27. The van der Waals surface area contributed by atoms with Gasteiger partial charge in [0.05, 0.1) is 10.6 Å². The molecule has 2 aromatic carbocycles. The van der Waals surface area contributed by atoms with E-state index in [0.717, 1.165) is 17.7 Å². The number of carbonyl (C=O) groups excluding carboxylic acids is 1. The number of benzene rings is 2. The molecule has 9 heteroatoms. The lowest BCUT2D eigenvalue weighted by Gasteiger charge is -2.15. The van der Waals surface area contributed by atoms with Crippen LogP contribution in [0.25, 0.3) is 0 Å². The van der Waals surface area contributed by atoms with Gasteiger partial charge in [-0.1, -0.05) is 23.2 Å². The highest BCUT2D eigenvalue weighted by Gasteiger charge is 2.26. The van der Waals surface area contributed by atoms with Crippen LogP contribution in [-0.2, 0) is 14.8 Å². The Morgan fingerprint density at radius 1 is 1.04 bits per heavy atom. The molecule has 0 unspecified atom stereocenters. The number of sulfonamides is 1. The summed E-state index contributed by atoms with van der Waals surface area (Å²) in [5.41, 5.74) is 0.533. The van der Waals surface area contributed by atoms with E-state index in [1.165, 1.54) is 16.1 Å². The zero-order chi connectivity index (χ0) is 19.4. The Labute approximate surface area is 173 Å². The number of halogens is 2. The van der Waals surface area contributed by atoms with Gasteiger partial charge in [-0.15, -0.1) is 11.8 Å². The predicted molar refractivity (Wildman–Crippen MR) is 110 cm³/mol. The highest BCUT2D eigenvalue weighted by molar-refractivity contribution is 8.00. The molecule has 2 aromatic rings. The van der Waals surface area contributed by atoms with Gasteiger partial charge >= 0.3 is 0 Å². The molecule has 27 heavy (non-hydrogen) atoms. The Morgan fingerprint density at radius 2 is 1.63 bits per heavy atom. The zero-order valence-electron chi connectivity index (χ0n) is 14.3. The molecule has 1 saturated heterocycles. The van der Waals surface area contributed by atoms with Crippen molar-refractivity contribution >= 4 is 56.6 Å². The van der Waals surface area contributed by atoms with E-state index in [9.17, 15) is 13.2 Å². The van der Waals surface area contributed by atoms with Crippen molar-refractivity contribution in [2.75, 3.05) is 24.2 Å². The van der Waals surface area contributed by atoms with E-state index < -0.39 is 10.0 Å². The predicted octanol–water partition coefficient (Wildman–Crippen LogP) is 4.51. The number of anilines is 1. The molecule has 1 heterocycles. The Bertz CT molecular complexity index is 908. The Morgan fingerprint density at radius 3 is 2.22 bits per heavy atom. The normalized spacial score (nSPS) is 15.0. The van der Waals surface area contributed by atoms with E-state index in [2.05, 4.69) is 5.32 Å². The monoisotopic (exact) mass is 444 g/mol. The first-order chi connectivity index (χ1) is 12.8. The first-order valence-corrected chi connectivity index (χ1v) is 11.5. The minimum absolute atomic E-state index is 0.183. The molecule has 0 aromatic heterocycles. The number of amides is 1. The van der Waals surface area contributed by atoms with Gasteiger partial charge in [0.1, 0.15) is 0 Å². The Kier molecular flexibility index (Phi) is 6.70. The standard InChI is InChI=1S/C18H18Cl2N2O3S2/c19-13-9-14(20)11-15(10-13)21-18(23)12-26-16-3-5-17(6-4-16)27(24,25)22-7-1-2-8-22/h3-6,9-11H,1-2,7-8,12H2,(H,21,23). The summed E-state index contributed by atoms with van der Waals surface area (Å²) in [4.78, 5) is 13.2. The van der Waals surface area contributed by atoms with Gasteiger partial charge < -0.3 is 5.32 Å². The van der Waals surface area contributed by atoms with Crippen molar-refractivity contribution < 1.29 is 13.2 Å². The average molecular weight is 445 g/mol. The van der Waals surface area contributed by atoms with Gasteiger partial charge in [-0.2, -0.15) is 4.31 Å². The number of carbonyl (C=O) groups is 1. The first kappa shape index (κ1) is 20.5. The molecule has 1 aliphatic rings. The quantitative estimate of drug-likeness (QED) is 0.665. The van der Waals surface area contributed by atoms with Crippen LogP contribution in [0, 0.1) is 0 Å². The van der Waals surface area contributed by atoms with Gasteiger partial charge in [0, 0.05) is 33.7 Å². The third kappa shape index (κ3) is 5.39. The second-order valence-electron chi connectivity index (χ2n) is 6.08. The van der Waals surface area contributed by atoms with Gasteiger partial charge in [-0.05, 0) is 55.3 Å². The summed E-state index contributed by atoms with van der Waals surface area (Å²) in [6.45, 7) is 1.15. The van der Waals surface area contributed by atoms with Gasteiger partial charge in [0.2, 0.25) is 15.9 Å². The molecule has 0 spiro atoms. The number of hydrogen-bond donors (Lipinski definition) is 1. The fourth-order valence-corrected chi connectivity index (χ4v) is 5.50. The molecule has 0 bridgehead atoms. The Hall–Kier alpha value is -1.25. The zero-order valence-corrected chi connectivity index (χ0v) is 17.5. The van der Waals surface area contributed by atoms with Gasteiger partial charge in [-0.3, -0.25) is 4.79 Å². The van der Waals surface area contributed by atoms with Crippen molar-refractivity contribution in [1.29, 1.82) is 0 Å². The lowest BCUT2D eigenvalue weighted by atomic mass is 10.3. The third-order valence-electron chi connectivity index (χ3n) is 4.04. The van der Waals surface area contributed by atoms with Gasteiger partial charge in [0.25, 0.3) is 0 Å². The molecule has 1 aliphatic heterocycles. The molecule has 0 atom stereocenters. The fraction of sp³-hybridized carbons (Fsp3) is 0.278. The van der Waals surface area contributed by atoms with Crippen molar-refractivity contribution in [1.82, 2.24) is 4.31 Å². The van der Waals surface area contributed by atoms with E-state index in [0.29, 0.717) is 28.8 Å². The molecule has 1 fully saturated rings. The second kappa shape index (κ2) is 8.84. The summed E-state index contributed by atoms with van der Waals surface area (Å²) >= 11 is 13.1. The molecule has 1 amide bonds. The highest BCUT2D eigenvalue weighted by atomic mass is 35.5. The van der Waals surface area contributed by atoms with Crippen LogP contribution in [0.4, 0.5) is 5.69 Å². The molecule has 0 saturated carbocycles. The summed E-state index contributed by atoms with van der Waals surface area (Å²) in [6.07, 6.45) is 1.81. The molecule has 0 aliphatic carbocycles. The molecule has 3 rings (SSSR count). The third-order valence-corrected chi connectivity index (χ3v) is 7.40. The largest absolute Gasteiger partial charge is 0.325 e. The summed E-state index contributed by atoms with van der Waals surface area (Å²) in [5.74, 6) is -0.0189. The molecule has 5 nitrogen and oxygen atoms in total. The van der Waals surface area contributed by atoms with E-state index in [-0.39, 0.29) is 16.6 Å². The summed E-state index contributed by atoms with van der Waals surface area (Å²) in [5, 5.41) is 3.62. The fourth-order valence-electron chi connectivity index (χ4n) is 2.76. The summed E-state index contributed by atoms with van der Waals surface area (Å²) < 4.78 is 26.5. The van der Waals surface area contributed by atoms with Crippen LogP contribution in [0.5, 0.6) is 0 Å². The maximum Gasteiger partial charge on any atom is 0.243 e. The van der Waals surface area contributed by atoms with Crippen molar-refractivity contribution in [3.8, 4) is 0 Å². The van der Waals surface area contributed by atoms with Crippen LogP contribution >= 0.6 is 35.0 Å². The minimum atomic E-state index is -3.42. The minimum Gasteiger partial charge on any atom is -0.325 e. The van der Waals surface area contributed by atoms with Crippen LogP contribution in [0.2, 0.25) is 10.0 Å². The van der Waals surface area contributed by atoms with Crippen LogP contribution in [0.1, 0.15) is 12.8 Å². The van der Waals surface area contributed by atoms with E-state index in [1.807, 2.05) is 0 Å². The van der Waals surface area contributed by atoms with Crippen molar-refractivity contribution in [3.63, 3.8) is 0 Å². The second-order valence-corrected chi connectivity index (χ2v) is 9.94. The topological polar surface area (TPSA) is 66.5 Å². The molecule has 1 N–H and O–H groups in total. The van der Waals surface area contributed by atoms with Gasteiger partial charge in [-0.25, -0.2) is 8.42 Å². The average Bonchev–Trinajstić information content (AvgIpc) is 3.15. The van der Waals surface area contributed by atoms with E-state index >= 15 is 0 Å². The molecular formula is C18H18Cl2N2O3S2. The SMILES string of the molecule is O=C(CSc1ccc(S(=O)(=O)N2CCCC2)cc1)Nc1cc(Cl)cc(Cl)c1. The highest BCUT2D eigenvalue weighted by Crippen LogP contribution is 2.25. The maximum absolute atomic E-state index is 12.5. The van der Waals surface area contributed by atoms with Crippen LogP contribution in [0.3, 0.4) is 0 Å². The first-order valence-electron chi connectivity index (χ1n) is 8.33. The number of thioether (sulfide) groups is 1. The van der Waals surface area contributed by atoms with E-state index in [1.54, 1.807) is 42.5 Å². The Balaban J connectivity index is 1.57. The smallest absolute Gasteiger partial charge is 0.243 e. The molecule has 0 radical (unpaired) electrons. The maximum atomic E-state index is 12.5. The lowest BCUT2D eigenvalue weighted by molar-refractivity contribution is -0.113. The summed E-state index contributed by atoms with van der Waals surface area (Å²) in [6, 6.07) is 11.4. The van der Waals surface area contributed by atoms with Crippen LogP contribution < -0.4 is 5.32 Å². The number of rotatable bonds is 6. The van der Waals surface area contributed by atoms with E-state index in [4.69, 9.17) is 23.2 Å².